The first-order valence-electron chi connectivity index (χ1n) is 6.95. The molecule has 8 heteroatoms. The van der Waals surface area contributed by atoms with Gasteiger partial charge in [0.25, 0.3) is 0 Å². The Morgan fingerprint density at radius 1 is 1.14 bits per heavy atom. The molecule has 0 aromatic heterocycles. The molecule has 1 aromatic rings. The van der Waals surface area contributed by atoms with Gasteiger partial charge in [-0.3, -0.25) is 0 Å². The molecule has 1 aliphatic rings. The number of guanidine groups is 1. The lowest BCUT2D eigenvalue weighted by atomic mass is 10.3. The summed E-state index contributed by atoms with van der Waals surface area (Å²) in [6.45, 7) is 3.74. The number of carbonyl (C=O) groups is 2. The predicted octanol–water partition coefficient (Wildman–Crippen LogP) is 2.26. The van der Waals surface area contributed by atoms with Crippen LogP contribution in [0.3, 0.4) is 0 Å². The smallest absolute Gasteiger partial charge is 0.436 e. The lowest BCUT2D eigenvalue weighted by Crippen LogP contribution is -2.50. The third kappa shape index (κ3) is 3.46. The zero-order valence-electron chi connectivity index (χ0n) is 12.5. The largest absolute Gasteiger partial charge is 0.448 e. The summed E-state index contributed by atoms with van der Waals surface area (Å²) < 4.78 is 9.89. The molecule has 0 unspecified atom stereocenters. The summed E-state index contributed by atoms with van der Waals surface area (Å²) in [5.41, 5.74) is 0.737. The van der Waals surface area contributed by atoms with Crippen molar-refractivity contribution in [3.05, 3.63) is 30.3 Å². The van der Waals surface area contributed by atoms with Crippen LogP contribution in [0.15, 0.2) is 35.3 Å². The average molecular weight is 306 g/mol. The molecule has 1 heterocycles. The van der Waals surface area contributed by atoms with Crippen LogP contribution in [0.4, 0.5) is 15.3 Å². The number of hydrazine groups is 1. The molecular formula is C14H18N4O4. The maximum atomic E-state index is 12.1. The zero-order chi connectivity index (χ0) is 15.9. The molecular weight excluding hydrogens is 288 g/mol. The van der Waals surface area contributed by atoms with E-state index >= 15 is 0 Å². The lowest BCUT2D eigenvalue weighted by molar-refractivity contribution is 0.0289. The topological polar surface area (TPSA) is 83.5 Å². The third-order valence-electron chi connectivity index (χ3n) is 2.75. The highest BCUT2D eigenvalue weighted by Gasteiger charge is 2.37. The number of carbonyl (C=O) groups excluding carboxylic acids is 2. The number of nitrogens with one attached hydrogen (secondary N) is 1. The van der Waals surface area contributed by atoms with Crippen LogP contribution < -0.4 is 5.32 Å². The Labute approximate surface area is 128 Å². The lowest BCUT2D eigenvalue weighted by Gasteiger charge is -2.26. The minimum Gasteiger partial charge on any atom is -0.448 e. The van der Waals surface area contributed by atoms with E-state index in [4.69, 9.17) is 9.47 Å². The maximum absolute atomic E-state index is 12.1. The Balaban J connectivity index is 2.17. The molecule has 1 N–H and O–H groups in total. The van der Waals surface area contributed by atoms with E-state index in [1.165, 1.54) is 0 Å². The molecule has 0 saturated heterocycles. The summed E-state index contributed by atoms with van der Waals surface area (Å²) in [7, 11) is 0. The van der Waals surface area contributed by atoms with Crippen LogP contribution in [0.25, 0.3) is 0 Å². The first kappa shape index (κ1) is 15.6. The molecule has 2 rings (SSSR count). The number of aliphatic imine (C=N–C) groups is 1. The van der Waals surface area contributed by atoms with E-state index < -0.39 is 12.2 Å². The molecule has 0 atom stereocenters. The summed E-state index contributed by atoms with van der Waals surface area (Å²) >= 11 is 0. The van der Waals surface area contributed by atoms with Crippen LogP contribution in [0, 0.1) is 0 Å². The number of nitrogens with zero attached hydrogens (tertiary/aromatic N) is 3. The predicted molar refractivity (Wildman–Crippen MR) is 80.1 cm³/mol. The summed E-state index contributed by atoms with van der Waals surface area (Å²) in [4.78, 5) is 28.2. The highest BCUT2D eigenvalue weighted by Crippen LogP contribution is 2.15. The number of amides is 2. The highest BCUT2D eigenvalue weighted by molar-refractivity contribution is 6.04. The Morgan fingerprint density at radius 2 is 1.77 bits per heavy atom. The summed E-state index contributed by atoms with van der Waals surface area (Å²) in [6.07, 6.45) is -1.36. The summed E-state index contributed by atoms with van der Waals surface area (Å²) in [5.74, 6) is 0.206. The van der Waals surface area contributed by atoms with Crippen molar-refractivity contribution in [2.75, 3.05) is 25.2 Å². The van der Waals surface area contributed by atoms with Crippen LogP contribution in [0.1, 0.15) is 13.8 Å². The minimum atomic E-state index is -0.699. The number of hydrogen-bond acceptors (Lipinski definition) is 6. The van der Waals surface area contributed by atoms with Crippen molar-refractivity contribution in [1.82, 2.24) is 10.0 Å². The molecule has 0 bridgehead atoms. The van der Waals surface area contributed by atoms with E-state index in [1.807, 2.05) is 30.3 Å². The standard InChI is InChI=1S/C14H18N4O4/c1-3-21-13(19)17-10-15-12(18(17)14(20)22-4-2)16-11-8-6-5-7-9-11/h5-9H,3-4,10H2,1-2H3,(H,15,16). The number of ether oxygens (including phenoxy) is 2. The van der Waals surface area contributed by atoms with Crippen LogP contribution in [-0.2, 0) is 9.47 Å². The number of para-hydroxylation sites is 1. The Hall–Kier alpha value is -2.77. The van der Waals surface area contributed by atoms with E-state index in [0.717, 1.165) is 15.7 Å². The van der Waals surface area contributed by atoms with Crippen LogP contribution >= 0.6 is 0 Å². The Morgan fingerprint density at radius 3 is 2.41 bits per heavy atom. The maximum Gasteiger partial charge on any atom is 0.436 e. The van der Waals surface area contributed by atoms with Gasteiger partial charge in [0.2, 0.25) is 5.96 Å². The van der Waals surface area contributed by atoms with Crippen molar-refractivity contribution in [3.63, 3.8) is 0 Å². The molecule has 8 nitrogen and oxygen atoms in total. The van der Waals surface area contributed by atoms with Crippen molar-refractivity contribution >= 4 is 23.8 Å². The first-order chi connectivity index (χ1) is 10.7. The number of benzene rings is 1. The highest BCUT2D eigenvalue weighted by atomic mass is 16.6. The van der Waals surface area contributed by atoms with Gasteiger partial charge in [-0.05, 0) is 26.0 Å². The van der Waals surface area contributed by atoms with E-state index in [9.17, 15) is 9.59 Å². The Bertz CT molecular complexity index is 561. The van der Waals surface area contributed by atoms with Gasteiger partial charge >= 0.3 is 12.2 Å². The van der Waals surface area contributed by atoms with E-state index in [-0.39, 0.29) is 25.8 Å². The van der Waals surface area contributed by atoms with Gasteiger partial charge in [0.1, 0.15) is 6.67 Å². The van der Waals surface area contributed by atoms with Gasteiger partial charge in [0.15, 0.2) is 0 Å². The van der Waals surface area contributed by atoms with Crippen molar-refractivity contribution in [2.24, 2.45) is 4.99 Å². The minimum absolute atomic E-state index is 0.0210. The normalized spacial score (nSPS) is 13.6. The van der Waals surface area contributed by atoms with Crippen molar-refractivity contribution in [1.29, 1.82) is 0 Å². The van der Waals surface area contributed by atoms with Gasteiger partial charge in [-0.25, -0.2) is 14.6 Å². The monoisotopic (exact) mass is 306 g/mol. The van der Waals surface area contributed by atoms with Gasteiger partial charge in [-0.2, -0.15) is 5.01 Å². The van der Waals surface area contributed by atoms with Crippen molar-refractivity contribution in [2.45, 2.75) is 13.8 Å². The summed E-state index contributed by atoms with van der Waals surface area (Å²) in [6, 6.07) is 9.19. The number of rotatable bonds is 3. The molecule has 0 saturated carbocycles. The quantitative estimate of drug-likeness (QED) is 0.926. The fourth-order valence-electron chi connectivity index (χ4n) is 1.83. The van der Waals surface area contributed by atoms with Crippen molar-refractivity contribution in [3.8, 4) is 0 Å². The SMILES string of the molecule is CCOC(=O)N1CN=C(Nc2ccccc2)N1C(=O)OCC. The van der Waals surface area contributed by atoms with E-state index in [0.29, 0.717) is 0 Å². The van der Waals surface area contributed by atoms with Crippen LogP contribution in [0.2, 0.25) is 0 Å². The second-order valence-electron chi connectivity index (χ2n) is 4.22. The van der Waals surface area contributed by atoms with Crippen LogP contribution in [-0.4, -0.2) is 48.0 Å². The van der Waals surface area contributed by atoms with Gasteiger partial charge in [-0.1, -0.05) is 18.2 Å². The van der Waals surface area contributed by atoms with Gasteiger partial charge in [0, 0.05) is 5.69 Å². The number of hydrogen-bond donors (Lipinski definition) is 1. The summed E-state index contributed by atoms with van der Waals surface area (Å²) in [5, 5.41) is 5.10. The van der Waals surface area contributed by atoms with E-state index in [1.54, 1.807) is 13.8 Å². The van der Waals surface area contributed by atoms with E-state index in [2.05, 4.69) is 10.3 Å². The average Bonchev–Trinajstić information content (AvgIpc) is 2.92. The molecule has 22 heavy (non-hydrogen) atoms. The van der Waals surface area contributed by atoms with Gasteiger partial charge < -0.3 is 14.8 Å². The molecule has 2 amide bonds. The Kier molecular flexibility index (Phi) is 5.18. The van der Waals surface area contributed by atoms with Gasteiger partial charge in [-0.15, -0.1) is 5.01 Å². The molecule has 1 aliphatic heterocycles. The third-order valence-corrected chi connectivity index (χ3v) is 2.75. The fraction of sp³-hybridized carbons (Fsp3) is 0.357. The zero-order valence-corrected chi connectivity index (χ0v) is 12.5. The molecule has 0 spiro atoms. The fourth-order valence-corrected chi connectivity index (χ4v) is 1.83. The number of anilines is 1. The first-order valence-corrected chi connectivity index (χ1v) is 6.95. The molecule has 0 radical (unpaired) electrons. The van der Waals surface area contributed by atoms with Crippen LogP contribution in [0.5, 0.6) is 0 Å². The second-order valence-corrected chi connectivity index (χ2v) is 4.22. The molecule has 1 aromatic carbocycles. The molecule has 0 fully saturated rings. The molecule has 118 valence electrons. The van der Waals surface area contributed by atoms with Crippen molar-refractivity contribution < 1.29 is 19.1 Å². The second kappa shape index (κ2) is 7.30. The molecule has 0 aliphatic carbocycles. The van der Waals surface area contributed by atoms with Gasteiger partial charge in [0.05, 0.1) is 13.2 Å².